The molecule has 0 bridgehead atoms. The third kappa shape index (κ3) is 8.86. The summed E-state index contributed by atoms with van der Waals surface area (Å²) in [6, 6.07) is -1.83. The number of carbonyl (C=O) groups excluding carboxylic acids is 3. The zero-order valence-corrected chi connectivity index (χ0v) is 15.8. The van der Waals surface area contributed by atoms with Gasteiger partial charge in [-0.1, -0.05) is 27.7 Å². The molecule has 7 nitrogen and oxygen atoms in total. The minimum Gasteiger partial charge on any atom is -0.444 e. The van der Waals surface area contributed by atoms with Gasteiger partial charge in [0.2, 0.25) is 5.91 Å². The van der Waals surface area contributed by atoms with E-state index in [4.69, 9.17) is 4.74 Å². The highest BCUT2D eigenvalue weighted by atomic mass is 16.6. The first-order chi connectivity index (χ1) is 10.9. The summed E-state index contributed by atoms with van der Waals surface area (Å²) in [5.41, 5.74) is -0.678. The SMILES string of the molecule is CC(C)CC(=O)[C@H](CO)NC(=O)[C@@H](NC(=O)OC(C)(C)C)C(C)C. The molecule has 0 fully saturated rings. The highest BCUT2D eigenvalue weighted by Gasteiger charge is 2.30. The first-order valence-corrected chi connectivity index (χ1v) is 8.30. The van der Waals surface area contributed by atoms with Crippen molar-refractivity contribution in [2.75, 3.05) is 6.61 Å². The third-order valence-electron chi connectivity index (χ3n) is 3.12. The molecule has 0 aliphatic rings. The average molecular weight is 344 g/mol. The molecular formula is C17H32N2O5. The fraction of sp³-hybridized carbons (Fsp3) is 0.824. The van der Waals surface area contributed by atoms with E-state index < -0.39 is 36.3 Å². The van der Waals surface area contributed by atoms with E-state index in [2.05, 4.69) is 10.6 Å². The van der Waals surface area contributed by atoms with Gasteiger partial charge in [-0.25, -0.2) is 4.79 Å². The molecule has 7 heteroatoms. The maximum Gasteiger partial charge on any atom is 0.408 e. The van der Waals surface area contributed by atoms with E-state index in [-0.39, 0.29) is 24.0 Å². The van der Waals surface area contributed by atoms with Crippen molar-refractivity contribution in [3.05, 3.63) is 0 Å². The van der Waals surface area contributed by atoms with Crippen LogP contribution in [0.1, 0.15) is 54.9 Å². The van der Waals surface area contributed by atoms with E-state index in [1.54, 1.807) is 34.6 Å². The first-order valence-electron chi connectivity index (χ1n) is 8.30. The van der Waals surface area contributed by atoms with Crippen LogP contribution in [-0.4, -0.2) is 47.2 Å². The molecule has 0 saturated carbocycles. The van der Waals surface area contributed by atoms with Crippen LogP contribution < -0.4 is 10.6 Å². The molecule has 3 N–H and O–H groups in total. The second-order valence-corrected chi connectivity index (χ2v) is 7.68. The second kappa shape index (κ2) is 9.61. The minimum absolute atomic E-state index is 0.129. The largest absolute Gasteiger partial charge is 0.444 e. The number of rotatable bonds is 8. The van der Waals surface area contributed by atoms with Crippen molar-refractivity contribution in [1.29, 1.82) is 0 Å². The Morgan fingerprint density at radius 3 is 1.96 bits per heavy atom. The Labute approximate surface area is 144 Å². The molecule has 0 aromatic rings. The number of amides is 2. The molecule has 0 spiro atoms. The van der Waals surface area contributed by atoms with E-state index >= 15 is 0 Å². The molecule has 0 radical (unpaired) electrons. The predicted octanol–water partition coefficient (Wildman–Crippen LogP) is 1.63. The van der Waals surface area contributed by atoms with Gasteiger partial charge < -0.3 is 20.5 Å². The van der Waals surface area contributed by atoms with Gasteiger partial charge in [0.05, 0.1) is 6.61 Å². The Hall–Kier alpha value is -1.63. The van der Waals surface area contributed by atoms with Gasteiger partial charge in [0.25, 0.3) is 0 Å². The Kier molecular flexibility index (Phi) is 8.96. The summed E-state index contributed by atoms with van der Waals surface area (Å²) in [7, 11) is 0. The maximum absolute atomic E-state index is 12.4. The molecule has 0 unspecified atom stereocenters. The van der Waals surface area contributed by atoms with E-state index in [0.717, 1.165) is 0 Å². The van der Waals surface area contributed by atoms with Gasteiger partial charge in [0.15, 0.2) is 5.78 Å². The molecule has 140 valence electrons. The lowest BCUT2D eigenvalue weighted by molar-refractivity contribution is -0.130. The van der Waals surface area contributed by atoms with Crippen LogP contribution in [0.3, 0.4) is 0 Å². The molecule has 0 aliphatic heterocycles. The molecule has 2 atom stereocenters. The van der Waals surface area contributed by atoms with Crippen LogP contribution in [0, 0.1) is 11.8 Å². The fourth-order valence-corrected chi connectivity index (χ4v) is 2.00. The number of alkyl carbamates (subject to hydrolysis) is 1. The summed E-state index contributed by atoms with van der Waals surface area (Å²) >= 11 is 0. The monoisotopic (exact) mass is 344 g/mol. The van der Waals surface area contributed by atoms with Crippen LogP contribution in [0.25, 0.3) is 0 Å². The standard InChI is InChI=1S/C17H32N2O5/c1-10(2)8-13(21)12(9-20)18-15(22)14(11(3)4)19-16(23)24-17(5,6)7/h10-12,14,20H,8-9H2,1-7H3,(H,18,22)(H,19,23)/t12-,14-/m0/s1. The summed E-state index contributed by atoms with van der Waals surface area (Å²) in [6.07, 6.45) is -0.442. The second-order valence-electron chi connectivity index (χ2n) is 7.68. The van der Waals surface area contributed by atoms with Gasteiger partial charge in [-0.3, -0.25) is 9.59 Å². The third-order valence-corrected chi connectivity index (χ3v) is 3.12. The molecule has 0 aliphatic carbocycles. The minimum atomic E-state index is -0.971. The first kappa shape index (κ1) is 22.4. The van der Waals surface area contributed by atoms with Crippen LogP contribution in [0.15, 0.2) is 0 Å². The van der Waals surface area contributed by atoms with E-state index in [9.17, 15) is 19.5 Å². The summed E-state index contributed by atoms with van der Waals surface area (Å²) in [6.45, 7) is 12.0. The molecule has 2 amide bonds. The van der Waals surface area contributed by atoms with Gasteiger partial charge in [-0.2, -0.15) is 0 Å². The van der Waals surface area contributed by atoms with Gasteiger partial charge in [0.1, 0.15) is 17.7 Å². The average Bonchev–Trinajstić information content (AvgIpc) is 2.38. The number of nitrogens with one attached hydrogen (secondary N) is 2. The Bertz CT molecular complexity index is 441. The van der Waals surface area contributed by atoms with E-state index in [1.165, 1.54) is 0 Å². The zero-order chi connectivity index (χ0) is 19.1. The Morgan fingerprint density at radius 2 is 1.58 bits per heavy atom. The maximum atomic E-state index is 12.4. The highest BCUT2D eigenvalue weighted by molar-refractivity contribution is 5.92. The summed E-state index contributed by atoms with van der Waals surface area (Å²) in [5.74, 6) is -0.839. The van der Waals surface area contributed by atoms with Crippen LogP contribution >= 0.6 is 0 Å². The number of ketones is 1. The van der Waals surface area contributed by atoms with Crippen molar-refractivity contribution in [3.63, 3.8) is 0 Å². The summed E-state index contributed by atoms with van der Waals surface area (Å²) in [4.78, 5) is 36.3. The number of hydrogen-bond donors (Lipinski definition) is 3. The van der Waals surface area contributed by atoms with Gasteiger partial charge in [-0.15, -0.1) is 0 Å². The van der Waals surface area contributed by atoms with E-state index in [1.807, 2.05) is 13.8 Å². The Morgan fingerprint density at radius 1 is 1.04 bits per heavy atom. The lowest BCUT2D eigenvalue weighted by atomic mass is 10.00. The van der Waals surface area contributed by atoms with Crippen LogP contribution in [0.4, 0.5) is 4.79 Å². The molecule has 0 aromatic carbocycles. The van der Waals surface area contributed by atoms with Crippen molar-refractivity contribution in [1.82, 2.24) is 10.6 Å². The summed E-state index contributed by atoms with van der Waals surface area (Å²) in [5, 5.41) is 14.4. The zero-order valence-electron chi connectivity index (χ0n) is 15.8. The molecule has 0 heterocycles. The van der Waals surface area contributed by atoms with E-state index in [0.29, 0.717) is 0 Å². The summed E-state index contributed by atoms with van der Waals surface area (Å²) < 4.78 is 5.15. The van der Waals surface area contributed by atoms with Crippen molar-refractivity contribution < 1.29 is 24.2 Å². The van der Waals surface area contributed by atoms with Gasteiger partial charge in [0, 0.05) is 6.42 Å². The number of Topliss-reactive ketones (excluding diaryl/α,β-unsaturated/α-hetero) is 1. The fourth-order valence-electron chi connectivity index (χ4n) is 2.00. The number of aliphatic hydroxyl groups is 1. The van der Waals surface area contributed by atoms with Crippen LogP contribution in [-0.2, 0) is 14.3 Å². The molecule has 0 rings (SSSR count). The normalized spacial score (nSPS) is 14.2. The van der Waals surface area contributed by atoms with Crippen molar-refractivity contribution >= 4 is 17.8 Å². The quantitative estimate of drug-likeness (QED) is 0.621. The number of ether oxygens (including phenoxy) is 1. The topological polar surface area (TPSA) is 105 Å². The molecular weight excluding hydrogens is 312 g/mol. The lowest BCUT2D eigenvalue weighted by Crippen LogP contribution is -2.55. The number of hydrogen-bond acceptors (Lipinski definition) is 5. The van der Waals surface area contributed by atoms with Crippen molar-refractivity contribution in [2.45, 2.75) is 72.6 Å². The molecule has 0 saturated heterocycles. The van der Waals surface area contributed by atoms with Gasteiger partial charge in [-0.05, 0) is 32.6 Å². The van der Waals surface area contributed by atoms with Crippen molar-refractivity contribution in [2.24, 2.45) is 11.8 Å². The lowest BCUT2D eigenvalue weighted by Gasteiger charge is -2.26. The van der Waals surface area contributed by atoms with Gasteiger partial charge >= 0.3 is 6.09 Å². The van der Waals surface area contributed by atoms with Crippen LogP contribution in [0.5, 0.6) is 0 Å². The van der Waals surface area contributed by atoms with Crippen molar-refractivity contribution in [3.8, 4) is 0 Å². The molecule has 0 aromatic heterocycles. The van der Waals surface area contributed by atoms with Crippen LogP contribution in [0.2, 0.25) is 0 Å². The smallest absolute Gasteiger partial charge is 0.408 e. The Balaban J connectivity index is 4.90. The molecule has 24 heavy (non-hydrogen) atoms. The highest BCUT2D eigenvalue weighted by Crippen LogP contribution is 2.09. The number of aliphatic hydroxyl groups excluding tert-OH is 1. The predicted molar refractivity (Wildman–Crippen MR) is 91.5 cm³/mol. The number of carbonyl (C=O) groups is 3.